The molecule has 0 aliphatic carbocycles. The van der Waals surface area contributed by atoms with Gasteiger partial charge in [0.25, 0.3) is 0 Å². The maximum atomic E-state index is 5.77. The van der Waals surface area contributed by atoms with Crippen LogP contribution in [0, 0.1) is 0 Å². The van der Waals surface area contributed by atoms with Gasteiger partial charge in [-0.2, -0.15) is 0 Å². The SMILES string of the molecule is C1=CC=Cc2ccccc2COCCCCCC=C1. The zero-order valence-electron chi connectivity index (χ0n) is 11.4. The summed E-state index contributed by atoms with van der Waals surface area (Å²) in [7, 11) is 0. The Labute approximate surface area is 116 Å². The summed E-state index contributed by atoms with van der Waals surface area (Å²) >= 11 is 0. The number of allylic oxidation sites excluding steroid dienone is 5. The Morgan fingerprint density at radius 3 is 2.74 bits per heavy atom. The monoisotopic (exact) mass is 254 g/mol. The van der Waals surface area contributed by atoms with Gasteiger partial charge in [-0.25, -0.2) is 0 Å². The molecule has 1 aliphatic heterocycles. The zero-order chi connectivity index (χ0) is 13.2. The molecule has 1 heteroatoms. The van der Waals surface area contributed by atoms with E-state index in [1.807, 2.05) is 0 Å². The smallest absolute Gasteiger partial charge is 0.0722 e. The van der Waals surface area contributed by atoms with Crippen LogP contribution in [0.25, 0.3) is 6.08 Å². The lowest BCUT2D eigenvalue weighted by Gasteiger charge is -2.07. The van der Waals surface area contributed by atoms with Crippen LogP contribution in [-0.2, 0) is 11.3 Å². The van der Waals surface area contributed by atoms with Crippen molar-refractivity contribution < 1.29 is 4.74 Å². The number of fused-ring (bicyclic) bond motifs is 1. The predicted octanol–water partition coefficient (Wildman–Crippen LogP) is 4.90. The summed E-state index contributed by atoms with van der Waals surface area (Å²) in [5.41, 5.74) is 2.50. The van der Waals surface area contributed by atoms with Crippen molar-refractivity contribution in [2.45, 2.75) is 32.3 Å². The molecule has 0 saturated carbocycles. The highest BCUT2D eigenvalue weighted by Gasteiger charge is 1.98. The van der Waals surface area contributed by atoms with E-state index in [1.165, 1.54) is 24.0 Å². The molecule has 1 aromatic rings. The standard InChI is InChI=1S/C18H22O/c1-2-4-6-8-12-17-13-9-10-14-18(17)16-19-15-11-7-5-3-1/h1-2,4,6,8-10,12-14H,3,5,7,11,15-16H2. The number of ether oxygens (including phenoxy) is 1. The highest BCUT2D eigenvalue weighted by molar-refractivity contribution is 5.55. The molecule has 0 aromatic heterocycles. The summed E-state index contributed by atoms with van der Waals surface area (Å²) in [5.74, 6) is 0. The first-order valence-electron chi connectivity index (χ1n) is 7.12. The Kier molecular flexibility index (Phi) is 6.18. The van der Waals surface area contributed by atoms with Crippen LogP contribution >= 0.6 is 0 Å². The van der Waals surface area contributed by atoms with Crippen molar-refractivity contribution in [1.29, 1.82) is 0 Å². The van der Waals surface area contributed by atoms with Gasteiger partial charge in [0.2, 0.25) is 0 Å². The second-order valence-corrected chi connectivity index (χ2v) is 4.77. The predicted molar refractivity (Wildman–Crippen MR) is 81.9 cm³/mol. The average molecular weight is 254 g/mol. The fourth-order valence-corrected chi connectivity index (χ4v) is 2.12. The van der Waals surface area contributed by atoms with Crippen molar-refractivity contribution in [3.63, 3.8) is 0 Å². The van der Waals surface area contributed by atoms with Gasteiger partial charge in [0.1, 0.15) is 0 Å². The maximum absolute atomic E-state index is 5.77. The summed E-state index contributed by atoms with van der Waals surface area (Å²) in [6.07, 6.45) is 17.6. The van der Waals surface area contributed by atoms with Gasteiger partial charge in [-0.1, -0.05) is 67.1 Å². The molecule has 19 heavy (non-hydrogen) atoms. The molecule has 100 valence electrons. The first-order valence-corrected chi connectivity index (χ1v) is 7.12. The molecule has 0 unspecified atom stereocenters. The van der Waals surface area contributed by atoms with Crippen molar-refractivity contribution in [3.05, 3.63) is 65.8 Å². The molecule has 1 aromatic carbocycles. The molecule has 0 amide bonds. The minimum Gasteiger partial charge on any atom is -0.377 e. The molecule has 0 N–H and O–H groups in total. The van der Waals surface area contributed by atoms with Crippen LogP contribution in [0.4, 0.5) is 0 Å². The van der Waals surface area contributed by atoms with Crippen LogP contribution in [0.5, 0.6) is 0 Å². The summed E-state index contributed by atoms with van der Waals surface area (Å²) in [5, 5.41) is 0. The third kappa shape index (κ3) is 5.27. The first-order chi connectivity index (χ1) is 9.47. The number of benzene rings is 1. The molecule has 1 nitrogen and oxygen atoms in total. The second-order valence-electron chi connectivity index (χ2n) is 4.77. The summed E-state index contributed by atoms with van der Waals surface area (Å²) in [6.45, 7) is 1.57. The van der Waals surface area contributed by atoms with E-state index in [0.717, 1.165) is 19.4 Å². The Bertz CT molecular complexity index is 455. The highest BCUT2D eigenvalue weighted by atomic mass is 16.5. The van der Waals surface area contributed by atoms with E-state index in [2.05, 4.69) is 60.7 Å². The summed E-state index contributed by atoms with van der Waals surface area (Å²) in [6, 6.07) is 8.42. The van der Waals surface area contributed by atoms with Crippen LogP contribution in [0.2, 0.25) is 0 Å². The third-order valence-electron chi connectivity index (χ3n) is 3.22. The number of hydrogen-bond acceptors (Lipinski definition) is 1. The largest absolute Gasteiger partial charge is 0.377 e. The van der Waals surface area contributed by atoms with E-state index in [9.17, 15) is 0 Å². The van der Waals surface area contributed by atoms with Crippen molar-refractivity contribution in [3.8, 4) is 0 Å². The van der Waals surface area contributed by atoms with Gasteiger partial charge in [0.05, 0.1) is 6.61 Å². The van der Waals surface area contributed by atoms with E-state index in [1.54, 1.807) is 0 Å². The molecular formula is C18H22O. The third-order valence-corrected chi connectivity index (χ3v) is 3.22. The van der Waals surface area contributed by atoms with Crippen LogP contribution in [0.3, 0.4) is 0 Å². The van der Waals surface area contributed by atoms with Crippen molar-refractivity contribution in [2.24, 2.45) is 0 Å². The molecule has 0 radical (unpaired) electrons. The topological polar surface area (TPSA) is 9.23 Å². The molecule has 1 heterocycles. The molecule has 0 bridgehead atoms. The van der Waals surface area contributed by atoms with Crippen molar-refractivity contribution in [2.75, 3.05) is 6.61 Å². The van der Waals surface area contributed by atoms with Crippen LogP contribution < -0.4 is 0 Å². The van der Waals surface area contributed by atoms with Crippen LogP contribution in [-0.4, -0.2) is 6.61 Å². The van der Waals surface area contributed by atoms with Gasteiger partial charge in [0.15, 0.2) is 0 Å². The minimum absolute atomic E-state index is 0.711. The Morgan fingerprint density at radius 2 is 1.74 bits per heavy atom. The molecule has 0 atom stereocenters. The van der Waals surface area contributed by atoms with Crippen LogP contribution in [0.1, 0.15) is 36.8 Å². The van der Waals surface area contributed by atoms with Crippen molar-refractivity contribution in [1.82, 2.24) is 0 Å². The maximum Gasteiger partial charge on any atom is 0.0722 e. The molecule has 2 rings (SSSR count). The summed E-state index contributed by atoms with van der Waals surface area (Å²) < 4.78 is 5.77. The Hall–Kier alpha value is -1.60. The van der Waals surface area contributed by atoms with E-state index in [-0.39, 0.29) is 0 Å². The lowest BCUT2D eigenvalue weighted by molar-refractivity contribution is 0.117. The summed E-state index contributed by atoms with van der Waals surface area (Å²) in [4.78, 5) is 0. The zero-order valence-corrected chi connectivity index (χ0v) is 11.4. The Balaban J connectivity index is 2.08. The van der Waals surface area contributed by atoms with Gasteiger partial charge in [-0.15, -0.1) is 0 Å². The lowest BCUT2D eigenvalue weighted by Crippen LogP contribution is -1.97. The van der Waals surface area contributed by atoms with Gasteiger partial charge in [0, 0.05) is 6.61 Å². The fourth-order valence-electron chi connectivity index (χ4n) is 2.12. The highest BCUT2D eigenvalue weighted by Crippen LogP contribution is 2.13. The first kappa shape index (κ1) is 13.8. The molecule has 1 aliphatic rings. The fraction of sp³-hybridized carbons (Fsp3) is 0.333. The van der Waals surface area contributed by atoms with E-state index in [0.29, 0.717) is 6.61 Å². The minimum atomic E-state index is 0.711. The van der Waals surface area contributed by atoms with Gasteiger partial charge in [-0.3, -0.25) is 0 Å². The van der Waals surface area contributed by atoms with E-state index in [4.69, 9.17) is 4.74 Å². The normalized spacial score (nSPS) is 17.5. The van der Waals surface area contributed by atoms with Gasteiger partial charge < -0.3 is 4.74 Å². The quantitative estimate of drug-likeness (QED) is 0.639. The molecule has 0 fully saturated rings. The number of hydrogen-bond donors (Lipinski definition) is 0. The van der Waals surface area contributed by atoms with Crippen molar-refractivity contribution >= 4 is 6.08 Å². The molecular weight excluding hydrogens is 232 g/mol. The Morgan fingerprint density at radius 1 is 0.842 bits per heavy atom. The molecule has 0 spiro atoms. The van der Waals surface area contributed by atoms with Crippen LogP contribution in [0.15, 0.2) is 54.6 Å². The van der Waals surface area contributed by atoms with E-state index < -0.39 is 0 Å². The molecule has 0 saturated heterocycles. The number of rotatable bonds is 0. The second kappa shape index (κ2) is 8.49. The lowest BCUT2D eigenvalue weighted by atomic mass is 10.1. The van der Waals surface area contributed by atoms with Gasteiger partial charge in [-0.05, 0) is 30.4 Å². The average Bonchev–Trinajstić information content (AvgIpc) is 2.45. The van der Waals surface area contributed by atoms with Gasteiger partial charge >= 0.3 is 0 Å². The van der Waals surface area contributed by atoms with E-state index >= 15 is 0 Å².